The average molecular weight is 404 g/mol. The lowest BCUT2D eigenvalue weighted by atomic mass is 10.5. The molecule has 0 aromatic rings. The second-order valence-electron chi connectivity index (χ2n) is 4.73. The van der Waals surface area contributed by atoms with E-state index in [0.29, 0.717) is 39.6 Å². The maximum absolute atomic E-state index is 8.36. The molecule has 0 atom stereocenters. The normalized spacial score (nSPS) is 12.4. The molecule has 0 spiro atoms. The maximum Gasteiger partial charge on any atom is 0.154 e. The third-order valence-corrected chi connectivity index (χ3v) is 2.42. The van der Waals surface area contributed by atoms with Crippen LogP contribution in [-0.2, 0) is 38.2 Å². The second kappa shape index (κ2) is 33.2. The molecule has 0 aromatic carbocycles. The summed E-state index contributed by atoms with van der Waals surface area (Å²) in [6.45, 7) is 6.15. The third kappa shape index (κ3) is 41.2. The first-order valence-corrected chi connectivity index (χ1v) is 8.79. The largest absolute Gasteiger partial charge is 0.394 e. The minimum Gasteiger partial charge on any atom is -0.394 e. The highest BCUT2D eigenvalue weighted by molar-refractivity contribution is 4.33. The molecule has 1 heterocycles. The zero-order valence-corrected chi connectivity index (χ0v) is 17.5. The molecule has 0 unspecified atom stereocenters. The van der Waals surface area contributed by atoms with Crippen LogP contribution in [0.5, 0.6) is 0 Å². The van der Waals surface area contributed by atoms with Crippen LogP contribution in [0.3, 0.4) is 0 Å². The van der Waals surface area contributed by atoms with E-state index in [2.05, 4.69) is 24.0 Å². The van der Waals surface area contributed by atoms with Gasteiger partial charge < -0.3 is 38.6 Å². The van der Waals surface area contributed by atoms with Crippen LogP contribution in [0.4, 0.5) is 0 Å². The molecule has 0 radical (unpaired) electrons. The van der Waals surface area contributed by atoms with Gasteiger partial charge >= 0.3 is 0 Å². The Kier molecular flexibility index (Phi) is 38.5. The van der Waals surface area contributed by atoms with Gasteiger partial charge in [0, 0.05) is 34.9 Å². The Morgan fingerprint density at radius 3 is 1.22 bits per heavy atom. The van der Waals surface area contributed by atoms with E-state index in [1.165, 1.54) is 0 Å². The Morgan fingerprint density at radius 2 is 1.04 bits per heavy atom. The molecule has 10 nitrogen and oxygen atoms in total. The SMILES string of the molecule is C1COOC1.COC.COC(C)OC.OCCOCCOCCOCCO. The number of aliphatic hydroxyl groups is 2. The quantitative estimate of drug-likeness (QED) is 0.266. The monoisotopic (exact) mass is 404 g/mol. The lowest BCUT2D eigenvalue weighted by Crippen LogP contribution is -2.11. The molecule has 0 bridgehead atoms. The van der Waals surface area contributed by atoms with Crippen LogP contribution in [0, 0.1) is 0 Å². The molecule has 2 N–H and O–H groups in total. The van der Waals surface area contributed by atoms with Gasteiger partial charge in [0.2, 0.25) is 0 Å². The molecular weight excluding hydrogens is 364 g/mol. The molecule has 1 saturated heterocycles. The maximum atomic E-state index is 8.36. The summed E-state index contributed by atoms with van der Waals surface area (Å²) in [5.41, 5.74) is 0. The van der Waals surface area contributed by atoms with Gasteiger partial charge in [0.05, 0.1) is 66.1 Å². The smallest absolute Gasteiger partial charge is 0.154 e. The molecule has 168 valence electrons. The predicted octanol–water partition coefficient (Wildman–Crippen LogP) is 0.247. The highest BCUT2D eigenvalue weighted by Crippen LogP contribution is 1.93. The zero-order chi connectivity index (χ0) is 21.0. The molecule has 1 fully saturated rings. The fourth-order valence-electron chi connectivity index (χ4n) is 1.06. The molecule has 0 aromatic heterocycles. The van der Waals surface area contributed by atoms with Crippen molar-refractivity contribution in [1.29, 1.82) is 0 Å². The van der Waals surface area contributed by atoms with Crippen molar-refractivity contribution in [3.05, 3.63) is 0 Å². The van der Waals surface area contributed by atoms with Crippen molar-refractivity contribution in [3.8, 4) is 0 Å². The Morgan fingerprint density at radius 1 is 0.704 bits per heavy atom. The van der Waals surface area contributed by atoms with Crippen molar-refractivity contribution < 1.29 is 48.4 Å². The van der Waals surface area contributed by atoms with Crippen LogP contribution < -0.4 is 0 Å². The molecule has 10 heteroatoms. The minimum absolute atomic E-state index is 0.0413. The van der Waals surface area contributed by atoms with E-state index < -0.39 is 0 Å². The van der Waals surface area contributed by atoms with E-state index >= 15 is 0 Å². The molecule has 1 rings (SSSR count). The molecule has 0 amide bonds. The van der Waals surface area contributed by atoms with Crippen LogP contribution in [0.25, 0.3) is 0 Å². The van der Waals surface area contributed by atoms with Gasteiger partial charge in [-0.2, -0.15) is 0 Å². The van der Waals surface area contributed by atoms with Crippen molar-refractivity contribution in [1.82, 2.24) is 0 Å². The van der Waals surface area contributed by atoms with E-state index in [1.54, 1.807) is 28.4 Å². The first-order chi connectivity index (χ1) is 13.1. The number of methoxy groups -OCH3 is 3. The summed E-state index contributed by atoms with van der Waals surface area (Å²) >= 11 is 0. The van der Waals surface area contributed by atoms with Crippen LogP contribution in [0.1, 0.15) is 13.3 Å². The van der Waals surface area contributed by atoms with Gasteiger partial charge in [0.1, 0.15) is 0 Å². The lowest BCUT2D eigenvalue weighted by molar-refractivity contribution is -0.248. The van der Waals surface area contributed by atoms with Gasteiger partial charge in [-0.3, -0.25) is 0 Å². The van der Waals surface area contributed by atoms with Crippen molar-refractivity contribution in [2.24, 2.45) is 0 Å². The van der Waals surface area contributed by atoms with Crippen LogP contribution in [0.2, 0.25) is 0 Å². The van der Waals surface area contributed by atoms with Crippen molar-refractivity contribution in [3.63, 3.8) is 0 Å². The standard InChI is InChI=1S/C8H18O5.C4H10O2.C3H6O2.C2H6O/c9-1-3-11-5-7-13-8-6-12-4-2-10;1-4(5-2)6-3;1-2-4-5-3-1;1-3-2/h9-10H,1-8H2;4H,1-3H3;1-3H2;1-2H3. The zero-order valence-electron chi connectivity index (χ0n) is 17.5. The molecule has 0 saturated carbocycles. The molecule has 1 aliphatic heterocycles. The van der Waals surface area contributed by atoms with Gasteiger partial charge in [0.25, 0.3) is 0 Å². The molecule has 1 aliphatic rings. The van der Waals surface area contributed by atoms with E-state index in [0.717, 1.165) is 19.6 Å². The number of aliphatic hydroxyl groups excluding tert-OH is 2. The number of ether oxygens (including phenoxy) is 6. The summed E-state index contributed by atoms with van der Waals surface area (Å²) in [5.74, 6) is 0. The van der Waals surface area contributed by atoms with Gasteiger partial charge in [-0.05, 0) is 6.92 Å². The topological polar surface area (TPSA) is 114 Å². The Bertz CT molecular complexity index is 196. The van der Waals surface area contributed by atoms with Gasteiger partial charge in [-0.15, -0.1) is 0 Å². The summed E-state index contributed by atoms with van der Waals surface area (Å²) in [6.07, 6.45) is 0.991. The van der Waals surface area contributed by atoms with Gasteiger partial charge in [-0.1, -0.05) is 0 Å². The summed E-state index contributed by atoms with van der Waals surface area (Å²) in [4.78, 5) is 8.89. The van der Waals surface area contributed by atoms with Crippen molar-refractivity contribution >= 4 is 0 Å². The van der Waals surface area contributed by atoms with Crippen LogP contribution in [0.15, 0.2) is 0 Å². The van der Waals surface area contributed by atoms with E-state index in [1.807, 2.05) is 6.92 Å². The summed E-state index contributed by atoms with van der Waals surface area (Å²) < 4.78 is 28.6. The second-order valence-corrected chi connectivity index (χ2v) is 4.73. The van der Waals surface area contributed by atoms with Gasteiger partial charge in [-0.25, -0.2) is 9.78 Å². The highest BCUT2D eigenvalue weighted by atomic mass is 17.2. The highest BCUT2D eigenvalue weighted by Gasteiger charge is 1.95. The fraction of sp³-hybridized carbons (Fsp3) is 1.00. The van der Waals surface area contributed by atoms with E-state index in [4.69, 9.17) is 24.4 Å². The fourth-order valence-corrected chi connectivity index (χ4v) is 1.06. The Balaban J connectivity index is -0.000000337. The minimum atomic E-state index is -0.0648. The summed E-state index contributed by atoms with van der Waals surface area (Å²) in [7, 11) is 6.46. The van der Waals surface area contributed by atoms with Crippen molar-refractivity contribution in [2.45, 2.75) is 19.6 Å². The summed E-state index contributed by atoms with van der Waals surface area (Å²) in [6, 6.07) is 0. The lowest BCUT2D eigenvalue weighted by Gasteiger charge is -2.04. The first kappa shape index (κ1) is 31.3. The molecular formula is C17H40O10. The molecule has 0 aliphatic carbocycles. The number of rotatable bonds is 12. The number of hydrogen-bond acceptors (Lipinski definition) is 10. The Hall–Kier alpha value is -0.400. The van der Waals surface area contributed by atoms with Crippen LogP contribution in [-0.4, -0.2) is 111 Å². The van der Waals surface area contributed by atoms with Gasteiger partial charge in [0.15, 0.2) is 6.29 Å². The predicted molar refractivity (Wildman–Crippen MR) is 99.6 cm³/mol. The third-order valence-electron chi connectivity index (χ3n) is 2.42. The first-order valence-electron chi connectivity index (χ1n) is 8.79. The van der Waals surface area contributed by atoms with Crippen molar-refractivity contribution in [2.75, 3.05) is 94.5 Å². The number of hydrogen-bond donors (Lipinski definition) is 2. The summed E-state index contributed by atoms with van der Waals surface area (Å²) in [5, 5.41) is 16.7. The van der Waals surface area contributed by atoms with Crippen LogP contribution >= 0.6 is 0 Å². The van der Waals surface area contributed by atoms with E-state index in [-0.39, 0.29) is 19.5 Å². The Labute approximate surface area is 163 Å². The van der Waals surface area contributed by atoms with E-state index in [9.17, 15) is 0 Å². The average Bonchev–Trinajstić information content (AvgIpc) is 3.27. The molecule has 27 heavy (non-hydrogen) atoms.